The van der Waals surface area contributed by atoms with Gasteiger partial charge >= 0.3 is 0 Å². The average Bonchev–Trinajstić information content (AvgIpc) is 2.71. The highest BCUT2D eigenvalue weighted by Gasteiger charge is 2.19. The van der Waals surface area contributed by atoms with Gasteiger partial charge in [0.25, 0.3) is 5.91 Å². The minimum Gasteiger partial charge on any atom is -0.353 e. The number of amides is 1. The molecule has 0 aliphatic carbocycles. The highest BCUT2D eigenvalue weighted by molar-refractivity contribution is 6.04. The van der Waals surface area contributed by atoms with Crippen LogP contribution in [0.2, 0.25) is 0 Å². The lowest BCUT2D eigenvalue weighted by Gasteiger charge is -2.22. The molecule has 0 aliphatic heterocycles. The highest BCUT2D eigenvalue weighted by Crippen LogP contribution is 2.19. The van der Waals surface area contributed by atoms with Gasteiger partial charge in [0, 0.05) is 13.1 Å². The van der Waals surface area contributed by atoms with E-state index in [0.717, 1.165) is 18.2 Å². The largest absolute Gasteiger partial charge is 0.353 e. The number of pyridine rings is 1. The van der Waals surface area contributed by atoms with Crippen LogP contribution in [-0.4, -0.2) is 17.4 Å². The van der Waals surface area contributed by atoms with Gasteiger partial charge in [-0.1, -0.05) is 30.3 Å². The van der Waals surface area contributed by atoms with Crippen molar-refractivity contribution in [3.05, 3.63) is 89.4 Å². The van der Waals surface area contributed by atoms with Crippen LogP contribution >= 0.6 is 0 Å². The number of carbonyl (C=O) groups excluding carboxylic acids is 1. The molecule has 0 saturated heterocycles. The van der Waals surface area contributed by atoms with Gasteiger partial charge in [-0.2, -0.15) is 0 Å². The molecule has 0 radical (unpaired) electrons. The quantitative estimate of drug-likeness (QED) is 0.622. The Morgan fingerprint density at radius 2 is 1.75 bits per heavy atom. The summed E-state index contributed by atoms with van der Waals surface area (Å²) in [5.41, 5.74) is 0.869. The van der Waals surface area contributed by atoms with Crippen LogP contribution in [0.3, 0.4) is 0 Å². The Balaban J connectivity index is 1.72. The van der Waals surface area contributed by atoms with Gasteiger partial charge in [-0.05, 0) is 36.8 Å². The van der Waals surface area contributed by atoms with Crippen molar-refractivity contribution in [2.75, 3.05) is 16.8 Å². The Labute approximate surface area is 160 Å². The minimum absolute atomic E-state index is 0.314. The standard InChI is InChI=1S/C21H18F3N3O/c1-2-27(13-14-6-4-3-5-7-14)18-11-8-15(12-25-18)26-21(28)16-9-10-17(22)20(24)19(16)23/h3-12H,2,13H2,1H3,(H,26,28). The van der Waals surface area contributed by atoms with Crippen LogP contribution in [0.25, 0.3) is 0 Å². The monoisotopic (exact) mass is 385 g/mol. The fourth-order valence-electron chi connectivity index (χ4n) is 2.71. The molecule has 0 unspecified atom stereocenters. The zero-order valence-corrected chi connectivity index (χ0v) is 15.1. The maximum absolute atomic E-state index is 13.7. The third-order valence-electron chi connectivity index (χ3n) is 4.21. The first-order chi connectivity index (χ1) is 13.5. The molecule has 3 aromatic rings. The van der Waals surface area contributed by atoms with Crippen LogP contribution < -0.4 is 10.2 Å². The maximum atomic E-state index is 13.7. The Hall–Kier alpha value is -3.35. The fourth-order valence-corrected chi connectivity index (χ4v) is 2.71. The lowest BCUT2D eigenvalue weighted by Crippen LogP contribution is -2.23. The molecule has 0 fully saturated rings. The van der Waals surface area contributed by atoms with Gasteiger partial charge in [0.15, 0.2) is 17.5 Å². The van der Waals surface area contributed by atoms with Gasteiger partial charge in [0.05, 0.1) is 17.4 Å². The van der Waals surface area contributed by atoms with Crippen LogP contribution in [0.1, 0.15) is 22.8 Å². The summed E-state index contributed by atoms with van der Waals surface area (Å²) in [4.78, 5) is 18.5. The molecule has 28 heavy (non-hydrogen) atoms. The second-order valence-corrected chi connectivity index (χ2v) is 6.08. The molecule has 0 aliphatic rings. The topological polar surface area (TPSA) is 45.2 Å². The molecule has 2 aromatic carbocycles. The molecule has 1 N–H and O–H groups in total. The SMILES string of the molecule is CCN(Cc1ccccc1)c1ccc(NC(=O)c2ccc(F)c(F)c2F)cn1. The predicted molar refractivity (Wildman–Crippen MR) is 102 cm³/mol. The van der Waals surface area contributed by atoms with Gasteiger partial charge in [0.1, 0.15) is 5.82 Å². The predicted octanol–water partition coefficient (Wildman–Crippen LogP) is 4.78. The molecule has 4 nitrogen and oxygen atoms in total. The number of halogens is 3. The molecule has 144 valence electrons. The second kappa shape index (κ2) is 8.56. The number of hydrogen-bond donors (Lipinski definition) is 1. The van der Waals surface area contributed by atoms with Crippen molar-refractivity contribution in [3.8, 4) is 0 Å². The number of nitrogens with zero attached hydrogens (tertiary/aromatic N) is 2. The zero-order valence-electron chi connectivity index (χ0n) is 15.1. The highest BCUT2D eigenvalue weighted by atomic mass is 19.2. The van der Waals surface area contributed by atoms with E-state index in [4.69, 9.17) is 0 Å². The van der Waals surface area contributed by atoms with Gasteiger partial charge in [0.2, 0.25) is 0 Å². The molecule has 1 aromatic heterocycles. The van der Waals surface area contributed by atoms with E-state index in [1.54, 1.807) is 12.1 Å². The Morgan fingerprint density at radius 1 is 1.00 bits per heavy atom. The molecular weight excluding hydrogens is 367 g/mol. The summed E-state index contributed by atoms with van der Waals surface area (Å²) in [7, 11) is 0. The molecule has 0 saturated carbocycles. The van der Waals surface area contributed by atoms with Crippen molar-refractivity contribution in [2.24, 2.45) is 0 Å². The number of anilines is 2. The van der Waals surface area contributed by atoms with E-state index in [2.05, 4.69) is 15.2 Å². The van der Waals surface area contributed by atoms with Crippen molar-refractivity contribution in [2.45, 2.75) is 13.5 Å². The lowest BCUT2D eigenvalue weighted by molar-refractivity contribution is 0.102. The van der Waals surface area contributed by atoms with Crippen LogP contribution in [0.5, 0.6) is 0 Å². The molecule has 0 bridgehead atoms. The van der Waals surface area contributed by atoms with E-state index in [-0.39, 0.29) is 0 Å². The van der Waals surface area contributed by atoms with Gasteiger partial charge in [-0.15, -0.1) is 0 Å². The number of hydrogen-bond acceptors (Lipinski definition) is 3. The molecule has 1 amide bonds. The van der Waals surface area contributed by atoms with Gasteiger partial charge in [-0.3, -0.25) is 4.79 Å². The van der Waals surface area contributed by atoms with Crippen molar-refractivity contribution in [1.82, 2.24) is 4.98 Å². The number of aromatic nitrogens is 1. The van der Waals surface area contributed by atoms with Crippen molar-refractivity contribution in [1.29, 1.82) is 0 Å². The molecule has 7 heteroatoms. The van der Waals surface area contributed by atoms with Crippen LogP contribution in [-0.2, 0) is 6.54 Å². The lowest BCUT2D eigenvalue weighted by atomic mass is 10.2. The average molecular weight is 385 g/mol. The first kappa shape index (κ1) is 19.4. The first-order valence-electron chi connectivity index (χ1n) is 8.69. The molecule has 0 atom stereocenters. The van der Waals surface area contributed by atoms with E-state index in [0.29, 0.717) is 24.1 Å². The minimum atomic E-state index is -1.68. The third kappa shape index (κ3) is 4.31. The molecule has 1 heterocycles. The smallest absolute Gasteiger partial charge is 0.258 e. The third-order valence-corrected chi connectivity index (χ3v) is 4.21. The summed E-state index contributed by atoms with van der Waals surface area (Å²) < 4.78 is 40.0. The molecular formula is C21H18F3N3O. The number of benzene rings is 2. The summed E-state index contributed by atoms with van der Waals surface area (Å²) in [5, 5.41) is 2.43. The van der Waals surface area contributed by atoms with Crippen LogP contribution in [0.15, 0.2) is 60.8 Å². The number of carbonyl (C=O) groups is 1. The zero-order chi connectivity index (χ0) is 20.1. The van der Waals surface area contributed by atoms with E-state index < -0.39 is 28.9 Å². The van der Waals surface area contributed by atoms with Crippen LogP contribution in [0.4, 0.5) is 24.7 Å². The van der Waals surface area contributed by atoms with Gasteiger partial charge < -0.3 is 10.2 Å². The normalized spacial score (nSPS) is 10.6. The Kier molecular flexibility index (Phi) is 5.93. The van der Waals surface area contributed by atoms with Crippen molar-refractivity contribution >= 4 is 17.4 Å². The first-order valence-corrected chi connectivity index (χ1v) is 8.69. The summed E-state index contributed by atoms with van der Waals surface area (Å²) >= 11 is 0. The fraction of sp³-hybridized carbons (Fsp3) is 0.143. The van der Waals surface area contributed by atoms with Crippen molar-refractivity contribution in [3.63, 3.8) is 0 Å². The van der Waals surface area contributed by atoms with Gasteiger partial charge in [-0.25, -0.2) is 18.2 Å². The molecule has 3 rings (SSSR count). The summed E-state index contributed by atoms with van der Waals surface area (Å²) in [6.45, 7) is 3.41. The number of nitrogens with one attached hydrogen (secondary N) is 1. The second-order valence-electron chi connectivity index (χ2n) is 6.08. The van der Waals surface area contributed by atoms with Crippen LogP contribution in [0, 0.1) is 17.5 Å². The van der Waals surface area contributed by atoms with E-state index in [1.807, 2.05) is 37.3 Å². The van der Waals surface area contributed by atoms with E-state index >= 15 is 0 Å². The maximum Gasteiger partial charge on any atom is 0.258 e. The van der Waals surface area contributed by atoms with E-state index in [1.165, 1.54) is 6.20 Å². The summed E-state index contributed by atoms with van der Waals surface area (Å²) in [5.74, 6) is -4.73. The Morgan fingerprint density at radius 3 is 2.39 bits per heavy atom. The molecule has 0 spiro atoms. The summed E-state index contributed by atoms with van der Waals surface area (Å²) in [6, 6.07) is 14.9. The Bertz CT molecular complexity index is 963. The van der Waals surface area contributed by atoms with E-state index in [9.17, 15) is 18.0 Å². The van der Waals surface area contributed by atoms with Crippen molar-refractivity contribution < 1.29 is 18.0 Å². The summed E-state index contributed by atoms with van der Waals surface area (Å²) in [6.07, 6.45) is 1.43. The number of rotatable bonds is 6.